The lowest BCUT2D eigenvalue weighted by atomic mass is 9.90. The van der Waals surface area contributed by atoms with Crippen LogP contribution >= 0.6 is 0 Å². The van der Waals surface area contributed by atoms with Crippen molar-refractivity contribution in [2.75, 3.05) is 40.5 Å². The van der Waals surface area contributed by atoms with E-state index in [-0.39, 0.29) is 18.2 Å². The fourth-order valence-corrected chi connectivity index (χ4v) is 3.64. The normalized spacial score (nSPS) is 16.8. The van der Waals surface area contributed by atoms with Crippen molar-refractivity contribution in [2.45, 2.75) is 24.8 Å². The molecule has 1 saturated heterocycles. The van der Waals surface area contributed by atoms with Crippen LogP contribution < -0.4 is 13.7 Å². The molecule has 0 amide bonds. The maximum atomic E-state index is 12.6. The van der Waals surface area contributed by atoms with E-state index >= 15 is 0 Å². The molecule has 0 saturated carbocycles. The topological polar surface area (TPSA) is 65.1 Å². The third kappa shape index (κ3) is 5.40. The molecule has 1 aliphatic heterocycles. The monoisotopic (exact) mass is 429 g/mol. The van der Waals surface area contributed by atoms with Crippen LogP contribution in [0.15, 0.2) is 12.1 Å². The number of halogens is 4. The van der Waals surface area contributed by atoms with Gasteiger partial charge >= 0.3 is 15.6 Å². The Morgan fingerprint density at radius 2 is 1.64 bits per heavy atom. The van der Waals surface area contributed by atoms with Gasteiger partial charge in [-0.3, -0.25) is 0 Å². The molecule has 0 unspecified atom stereocenters. The van der Waals surface area contributed by atoms with Gasteiger partial charge in [-0.25, -0.2) is 4.39 Å². The van der Waals surface area contributed by atoms with Crippen molar-refractivity contribution in [2.24, 2.45) is 5.92 Å². The van der Waals surface area contributed by atoms with Gasteiger partial charge in [0.15, 0.2) is 11.5 Å². The molecule has 0 aliphatic carbocycles. The highest BCUT2D eigenvalue weighted by molar-refractivity contribution is 7.88. The predicted molar refractivity (Wildman–Crippen MR) is 94.0 cm³/mol. The Morgan fingerprint density at radius 1 is 1.11 bits per heavy atom. The van der Waals surface area contributed by atoms with E-state index in [1.54, 1.807) is 0 Å². The van der Waals surface area contributed by atoms with Crippen molar-refractivity contribution in [3.63, 3.8) is 0 Å². The Hall–Kier alpha value is -1.75. The highest BCUT2D eigenvalue weighted by Crippen LogP contribution is 2.42. The zero-order valence-electron chi connectivity index (χ0n) is 15.6. The van der Waals surface area contributed by atoms with Gasteiger partial charge in [0.25, 0.3) is 0 Å². The first-order valence-electron chi connectivity index (χ1n) is 8.65. The number of ether oxygens (including phenoxy) is 2. The molecule has 1 heterocycles. The Bertz CT molecular complexity index is 736. The molecule has 0 N–H and O–H groups in total. The highest BCUT2D eigenvalue weighted by Gasteiger charge is 2.49. The number of hydrogen-bond acceptors (Lipinski definition) is 6. The zero-order valence-corrected chi connectivity index (χ0v) is 16.4. The molecule has 1 fully saturated rings. The van der Waals surface area contributed by atoms with Crippen LogP contribution in [0.4, 0.5) is 17.6 Å². The van der Waals surface area contributed by atoms with Gasteiger partial charge in [-0.2, -0.15) is 21.6 Å². The molecule has 2 rings (SSSR count). The first-order chi connectivity index (χ1) is 13.1. The van der Waals surface area contributed by atoms with Crippen LogP contribution in [0.25, 0.3) is 0 Å². The molecule has 0 bridgehead atoms. The molecule has 1 aromatic rings. The lowest BCUT2D eigenvalue weighted by Gasteiger charge is -2.31. The lowest BCUT2D eigenvalue weighted by Crippen LogP contribution is -2.35. The molecule has 28 heavy (non-hydrogen) atoms. The molecule has 0 aromatic heterocycles. The van der Waals surface area contributed by atoms with Crippen molar-refractivity contribution in [3.8, 4) is 17.2 Å². The minimum absolute atomic E-state index is 0.169. The standard InChI is InChI=1S/C17H23F4NO5S/c1-25-14-10-13(9-12-3-6-22(7-4-12)8-5-18)11-15(26-2)16(14)27-28(23,24)17(19,20)21/h10-12H,3-9H2,1-2H3. The van der Waals surface area contributed by atoms with E-state index in [0.717, 1.165) is 31.5 Å². The van der Waals surface area contributed by atoms with Crippen LogP contribution in [0.5, 0.6) is 17.2 Å². The summed E-state index contributed by atoms with van der Waals surface area (Å²) in [6.45, 7) is 1.57. The largest absolute Gasteiger partial charge is 0.534 e. The minimum atomic E-state index is -5.86. The summed E-state index contributed by atoms with van der Waals surface area (Å²) >= 11 is 0. The molecule has 0 atom stereocenters. The van der Waals surface area contributed by atoms with Gasteiger partial charge in [0.1, 0.15) is 6.67 Å². The van der Waals surface area contributed by atoms with Gasteiger partial charge in [0.2, 0.25) is 5.75 Å². The Labute approximate surface area is 161 Å². The van der Waals surface area contributed by atoms with E-state index in [0.29, 0.717) is 18.9 Å². The summed E-state index contributed by atoms with van der Waals surface area (Å²) < 4.78 is 87.4. The van der Waals surface area contributed by atoms with Gasteiger partial charge in [-0.05, 0) is 56.0 Å². The van der Waals surface area contributed by atoms with Crippen LogP contribution in [-0.2, 0) is 16.5 Å². The molecule has 160 valence electrons. The summed E-state index contributed by atoms with van der Waals surface area (Å²) in [7, 11) is -3.47. The number of rotatable bonds is 8. The smallest absolute Gasteiger partial charge is 0.493 e. The fourth-order valence-electron chi connectivity index (χ4n) is 3.16. The Balaban J connectivity index is 2.21. The minimum Gasteiger partial charge on any atom is -0.493 e. The Morgan fingerprint density at radius 3 is 2.07 bits per heavy atom. The molecule has 1 aliphatic rings. The number of hydrogen-bond donors (Lipinski definition) is 0. The molecule has 0 spiro atoms. The van der Waals surface area contributed by atoms with Gasteiger partial charge in [0, 0.05) is 6.54 Å². The van der Waals surface area contributed by atoms with E-state index in [1.807, 2.05) is 4.90 Å². The third-order valence-electron chi connectivity index (χ3n) is 4.63. The van der Waals surface area contributed by atoms with Crippen LogP contribution in [0.3, 0.4) is 0 Å². The first-order valence-corrected chi connectivity index (χ1v) is 10.1. The number of methoxy groups -OCH3 is 2. The second kappa shape index (κ2) is 9.17. The predicted octanol–water partition coefficient (Wildman–Crippen LogP) is 3.16. The first kappa shape index (κ1) is 22.5. The summed E-state index contributed by atoms with van der Waals surface area (Å²) in [5.74, 6) is -0.686. The van der Waals surface area contributed by atoms with Crippen molar-refractivity contribution >= 4 is 10.1 Å². The number of benzene rings is 1. The van der Waals surface area contributed by atoms with Crippen molar-refractivity contribution < 1.29 is 39.6 Å². The maximum absolute atomic E-state index is 12.6. The van der Waals surface area contributed by atoms with E-state index in [9.17, 15) is 26.0 Å². The van der Waals surface area contributed by atoms with E-state index < -0.39 is 21.4 Å². The summed E-state index contributed by atoms with van der Waals surface area (Å²) in [5, 5.41) is 0. The number of piperidine rings is 1. The second-order valence-corrected chi connectivity index (χ2v) is 8.03. The molecule has 1 aromatic carbocycles. The van der Waals surface area contributed by atoms with E-state index in [1.165, 1.54) is 26.4 Å². The molecule has 0 radical (unpaired) electrons. The van der Waals surface area contributed by atoms with Crippen LogP contribution in [0.1, 0.15) is 18.4 Å². The van der Waals surface area contributed by atoms with Crippen molar-refractivity contribution in [3.05, 3.63) is 17.7 Å². The van der Waals surface area contributed by atoms with E-state index in [2.05, 4.69) is 4.18 Å². The number of alkyl halides is 4. The Kier molecular flexibility index (Phi) is 7.38. The van der Waals surface area contributed by atoms with Gasteiger partial charge in [-0.1, -0.05) is 0 Å². The van der Waals surface area contributed by atoms with Crippen LogP contribution in [0.2, 0.25) is 0 Å². The average molecular weight is 429 g/mol. The average Bonchev–Trinajstić information content (AvgIpc) is 2.63. The zero-order chi connectivity index (χ0) is 20.9. The number of likely N-dealkylation sites (tertiary alicyclic amines) is 1. The second-order valence-electron chi connectivity index (χ2n) is 6.49. The van der Waals surface area contributed by atoms with Crippen molar-refractivity contribution in [1.82, 2.24) is 4.90 Å². The summed E-state index contributed by atoms with van der Waals surface area (Å²) in [6, 6.07) is 2.88. The molecule has 11 heteroatoms. The van der Waals surface area contributed by atoms with Gasteiger partial charge in [-0.15, -0.1) is 0 Å². The van der Waals surface area contributed by atoms with Crippen LogP contribution in [0, 0.1) is 5.92 Å². The highest BCUT2D eigenvalue weighted by atomic mass is 32.2. The van der Waals surface area contributed by atoms with Gasteiger partial charge < -0.3 is 18.6 Å². The summed E-state index contributed by atoms with van der Waals surface area (Å²) in [5.41, 5.74) is -4.86. The lowest BCUT2D eigenvalue weighted by molar-refractivity contribution is -0.0501. The van der Waals surface area contributed by atoms with Crippen molar-refractivity contribution in [1.29, 1.82) is 0 Å². The molecular weight excluding hydrogens is 406 g/mol. The van der Waals surface area contributed by atoms with Gasteiger partial charge in [0.05, 0.1) is 14.2 Å². The quantitative estimate of drug-likeness (QED) is 0.359. The van der Waals surface area contributed by atoms with Crippen LogP contribution in [-0.4, -0.2) is 59.4 Å². The fraction of sp³-hybridized carbons (Fsp3) is 0.647. The summed E-state index contributed by atoms with van der Waals surface area (Å²) in [6.07, 6.45) is 2.30. The molecular formula is C17H23F4NO5S. The van der Waals surface area contributed by atoms with E-state index in [4.69, 9.17) is 9.47 Å². The number of nitrogens with zero attached hydrogens (tertiary/aromatic N) is 1. The summed E-state index contributed by atoms with van der Waals surface area (Å²) in [4.78, 5) is 2.04. The maximum Gasteiger partial charge on any atom is 0.534 e. The third-order valence-corrected chi connectivity index (χ3v) is 5.58. The molecule has 6 nitrogen and oxygen atoms in total. The SMILES string of the molecule is COc1cc(CC2CCN(CCF)CC2)cc(OC)c1OS(=O)(=O)C(F)(F)F.